The van der Waals surface area contributed by atoms with E-state index in [1.807, 2.05) is 6.07 Å². The lowest BCUT2D eigenvalue weighted by atomic mass is 10.0. The summed E-state index contributed by atoms with van der Waals surface area (Å²) in [7, 11) is 0. The van der Waals surface area contributed by atoms with Crippen LogP contribution in [0.3, 0.4) is 0 Å². The molecule has 0 radical (unpaired) electrons. The van der Waals surface area contributed by atoms with Gasteiger partial charge in [-0.05, 0) is 28.9 Å². The number of hydrogen-bond acceptors (Lipinski definition) is 1. The normalized spacial score (nSPS) is 42.2. The molecule has 1 nitrogen and oxygen atoms in total. The molecule has 1 heteroatoms. The Balaban J connectivity index is 2.16. The summed E-state index contributed by atoms with van der Waals surface area (Å²) in [6, 6.07) is 8.29. The van der Waals surface area contributed by atoms with Gasteiger partial charge in [-0.25, -0.2) is 0 Å². The average molecular weight is 160 g/mol. The Bertz CT molecular complexity index is 330. The van der Waals surface area contributed by atoms with E-state index < -0.39 is 0 Å². The minimum absolute atomic E-state index is 0.179. The first-order chi connectivity index (χ1) is 5.80. The zero-order chi connectivity index (χ0) is 8.29. The third kappa shape index (κ3) is 0.593. The minimum Gasteiger partial charge on any atom is -0.388 e. The van der Waals surface area contributed by atoms with E-state index in [9.17, 15) is 5.11 Å². The molecular formula is C11H12O. The van der Waals surface area contributed by atoms with Crippen LogP contribution in [0, 0.1) is 11.8 Å². The Morgan fingerprint density at radius 2 is 1.83 bits per heavy atom. The maximum absolute atomic E-state index is 9.86. The zero-order valence-corrected chi connectivity index (χ0v) is 7.07. The van der Waals surface area contributed by atoms with Gasteiger partial charge in [0.1, 0.15) is 0 Å². The van der Waals surface area contributed by atoms with Crippen LogP contribution in [-0.4, -0.2) is 5.11 Å². The number of benzene rings is 1. The van der Waals surface area contributed by atoms with Gasteiger partial charge in [0.15, 0.2) is 0 Å². The van der Waals surface area contributed by atoms with E-state index in [1.54, 1.807) is 0 Å². The van der Waals surface area contributed by atoms with Gasteiger partial charge in [0.2, 0.25) is 0 Å². The third-order valence-corrected chi connectivity index (χ3v) is 3.49. The van der Waals surface area contributed by atoms with Crippen molar-refractivity contribution in [3.63, 3.8) is 0 Å². The van der Waals surface area contributed by atoms with Gasteiger partial charge in [0, 0.05) is 0 Å². The standard InChI is InChI=1S/C11H12O/c1-6-9-7-4-2-3-5-8(7)11(12)10(6)9/h2-6,9-12H,1H3/t6-,9-,10-,11?/m0/s1. The summed E-state index contributed by atoms with van der Waals surface area (Å²) in [4.78, 5) is 0. The Morgan fingerprint density at radius 3 is 2.58 bits per heavy atom. The Morgan fingerprint density at radius 1 is 1.17 bits per heavy atom. The fourth-order valence-electron chi connectivity index (χ4n) is 2.76. The van der Waals surface area contributed by atoms with Gasteiger partial charge in [-0.3, -0.25) is 0 Å². The van der Waals surface area contributed by atoms with E-state index in [0.29, 0.717) is 17.8 Å². The Labute approximate surface area is 72.0 Å². The largest absolute Gasteiger partial charge is 0.388 e. The second-order valence-corrected chi connectivity index (χ2v) is 4.04. The first-order valence-electron chi connectivity index (χ1n) is 4.57. The molecule has 62 valence electrons. The molecule has 0 spiro atoms. The van der Waals surface area contributed by atoms with E-state index in [0.717, 1.165) is 0 Å². The van der Waals surface area contributed by atoms with Crippen molar-refractivity contribution >= 4 is 0 Å². The molecule has 2 aliphatic rings. The molecule has 12 heavy (non-hydrogen) atoms. The molecule has 1 aromatic rings. The molecule has 1 N–H and O–H groups in total. The highest BCUT2D eigenvalue weighted by atomic mass is 16.3. The van der Waals surface area contributed by atoms with Crippen molar-refractivity contribution in [1.82, 2.24) is 0 Å². The molecule has 1 fully saturated rings. The number of aliphatic hydroxyl groups is 1. The molecule has 3 rings (SSSR count). The second-order valence-electron chi connectivity index (χ2n) is 4.04. The predicted molar refractivity (Wildman–Crippen MR) is 46.8 cm³/mol. The van der Waals surface area contributed by atoms with Crippen LogP contribution in [0.25, 0.3) is 0 Å². The summed E-state index contributed by atoms with van der Waals surface area (Å²) >= 11 is 0. The van der Waals surface area contributed by atoms with Crippen LogP contribution in [0.4, 0.5) is 0 Å². The Hall–Kier alpha value is -0.820. The first-order valence-corrected chi connectivity index (χ1v) is 4.57. The van der Waals surface area contributed by atoms with Crippen molar-refractivity contribution in [3.05, 3.63) is 35.4 Å². The summed E-state index contributed by atoms with van der Waals surface area (Å²) in [5.41, 5.74) is 2.56. The number of aliphatic hydroxyl groups excluding tert-OH is 1. The quantitative estimate of drug-likeness (QED) is 0.616. The van der Waals surface area contributed by atoms with Crippen molar-refractivity contribution in [2.45, 2.75) is 18.9 Å². The predicted octanol–water partition coefficient (Wildman–Crippen LogP) is 2.08. The number of rotatable bonds is 0. The maximum Gasteiger partial charge on any atom is 0.0829 e. The molecule has 1 unspecified atom stereocenters. The smallest absolute Gasteiger partial charge is 0.0829 e. The lowest BCUT2D eigenvalue weighted by Crippen LogP contribution is -1.99. The van der Waals surface area contributed by atoms with Gasteiger partial charge in [0.25, 0.3) is 0 Å². The molecule has 0 heterocycles. The lowest BCUT2D eigenvalue weighted by molar-refractivity contribution is 0.154. The molecule has 2 aliphatic carbocycles. The van der Waals surface area contributed by atoms with Crippen LogP contribution >= 0.6 is 0 Å². The highest BCUT2D eigenvalue weighted by Gasteiger charge is 2.57. The summed E-state index contributed by atoms with van der Waals surface area (Å²) in [5, 5.41) is 9.86. The van der Waals surface area contributed by atoms with E-state index >= 15 is 0 Å². The van der Waals surface area contributed by atoms with E-state index in [4.69, 9.17) is 0 Å². The van der Waals surface area contributed by atoms with Crippen LogP contribution in [-0.2, 0) is 0 Å². The van der Waals surface area contributed by atoms with Gasteiger partial charge in [-0.1, -0.05) is 31.2 Å². The van der Waals surface area contributed by atoms with E-state index in [1.165, 1.54) is 11.1 Å². The number of fused-ring (bicyclic) bond motifs is 3. The molecule has 1 aromatic carbocycles. The molecule has 4 atom stereocenters. The van der Waals surface area contributed by atoms with Crippen molar-refractivity contribution in [1.29, 1.82) is 0 Å². The summed E-state index contributed by atoms with van der Waals surface area (Å²) in [6.45, 7) is 2.23. The van der Waals surface area contributed by atoms with Crippen LogP contribution < -0.4 is 0 Å². The lowest BCUT2D eigenvalue weighted by Gasteiger charge is -2.09. The zero-order valence-electron chi connectivity index (χ0n) is 7.07. The van der Waals surface area contributed by atoms with Crippen LogP contribution in [0.15, 0.2) is 24.3 Å². The van der Waals surface area contributed by atoms with E-state index in [2.05, 4.69) is 25.1 Å². The molecular weight excluding hydrogens is 148 g/mol. The van der Waals surface area contributed by atoms with Crippen LogP contribution in [0.5, 0.6) is 0 Å². The van der Waals surface area contributed by atoms with Crippen molar-refractivity contribution in [2.24, 2.45) is 11.8 Å². The minimum atomic E-state index is -0.179. The van der Waals surface area contributed by atoms with Crippen molar-refractivity contribution < 1.29 is 5.11 Å². The average Bonchev–Trinajstić information content (AvgIpc) is 2.65. The van der Waals surface area contributed by atoms with Gasteiger partial charge < -0.3 is 5.11 Å². The van der Waals surface area contributed by atoms with Crippen LogP contribution in [0.2, 0.25) is 0 Å². The van der Waals surface area contributed by atoms with Crippen molar-refractivity contribution in [2.75, 3.05) is 0 Å². The molecule has 0 bridgehead atoms. The highest BCUT2D eigenvalue weighted by Crippen LogP contribution is 2.65. The summed E-state index contributed by atoms with van der Waals surface area (Å²) in [5.74, 6) is 1.90. The highest BCUT2D eigenvalue weighted by molar-refractivity contribution is 5.44. The van der Waals surface area contributed by atoms with Gasteiger partial charge in [0.05, 0.1) is 6.10 Å². The monoisotopic (exact) mass is 160 g/mol. The second kappa shape index (κ2) is 1.91. The maximum atomic E-state index is 9.86. The van der Waals surface area contributed by atoms with Gasteiger partial charge >= 0.3 is 0 Å². The topological polar surface area (TPSA) is 20.2 Å². The fraction of sp³-hybridized carbons (Fsp3) is 0.455. The molecule has 0 aliphatic heterocycles. The van der Waals surface area contributed by atoms with Gasteiger partial charge in [-0.2, -0.15) is 0 Å². The Kier molecular flexibility index (Phi) is 1.06. The van der Waals surface area contributed by atoms with Crippen molar-refractivity contribution in [3.8, 4) is 0 Å². The molecule has 0 amide bonds. The SMILES string of the molecule is C[C@H]1[C@H]2c3ccccc3C(O)[C@@H]12. The summed E-state index contributed by atoms with van der Waals surface area (Å²) in [6.07, 6.45) is -0.179. The first kappa shape index (κ1) is 6.67. The van der Waals surface area contributed by atoms with Crippen LogP contribution in [0.1, 0.15) is 30.1 Å². The molecule has 1 saturated carbocycles. The molecule has 0 saturated heterocycles. The number of hydrogen-bond donors (Lipinski definition) is 1. The molecule has 0 aromatic heterocycles. The van der Waals surface area contributed by atoms with E-state index in [-0.39, 0.29) is 6.10 Å². The fourth-order valence-corrected chi connectivity index (χ4v) is 2.76. The summed E-state index contributed by atoms with van der Waals surface area (Å²) < 4.78 is 0. The third-order valence-electron chi connectivity index (χ3n) is 3.49. The van der Waals surface area contributed by atoms with Gasteiger partial charge in [-0.15, -0.1) is 0 Å².